The Hall–Kier alpha value is -2.71. The maximum Gasteiger partial charge on any atom is 0.234 e. The van der Waals surface area contributed by atoms with Gasteiger partial charge in [0.15, 0.2) is 0 Å². The fraction of sp³-hybridized carbons (Fsp3) is 0.190. The van der Waals surface area contributed by atoms with Crippen molar-refractivity contribution in [1.29, 1.82) is 0 Å². The van der Waals surface area contributed by atoms with Crippen LogP contribution in [0.3, 0.4) is 0 Å². The lowest BCUT2D eigenvalue weighted by Gasteiger charge is -2.12. The first kappa shape index (κ1) is 21.0. The second-order valence-electron chi connectivity index (χ2n) is 5.94. The molecule has 29 heavy (non-hydrogen) atoms. The third-order valence-corrected chi connectivity index (χ3v) is 6.23. The molecule has 0 unspecified atom stereocenters. The zero-order valence-corrected chi connectivity index (χ0v) is 18.0. The minimum atomic E-state index is -0.168. The second kappa shape index (κ2) is 10.2. The van der Waals surface area contributed by atoms with Gasteiger partial charge in [-0.1, -0.05) is 41.7 Å². The maximum atomic E-state index is 12.5. The van der Waals surface area contributed by atoms with Crippen molar-refractivity contribution < 1.29 is 14.3 Å². The molecule has 0 aliphatic heterocycles. The van der Waals surface area contributed by atoms with Crippen LogP contribution >= 0.6 is 23.5 Å². The lowest BCUT2D eigenvalue weighted by Crippen LogP contribution is -2.15. The molecule has 150 valence electrons. The Labute approximate surface area is 178 Å². The van der Waals surface area contributed by atoms with Gasteiger partial charge in [-0.15, -0.1) is 0 Å². The Bertz CT molecular complexity index is 998. The van der Waals surface area contributed by atoms with Crippen LogP contribution in [0.4, 0.5) is 5.69 Å². The van der Waals surface area contributed by atoms with Crippen LogP contribution < -0.4 is 14.8 Å². The third kappa shape index (κ3) is 5.65. The van der Waals surface area contributed by atoms with Crippen molar-refractivity contribution in [3.8, 4) is 11.5 Å². The predicted molar refractivity (Wildman–Crippen MR) is 116 cm³/mol. The van der Waals surface area contributed by atoms with E-state index in [9.17, 15) is 4.79 Å². The third-order valence-electron chi connectivity index (χ3n) is 3.95. The topological polar surface area (TPSA) is 73.3 Å². The van der Waals surface area contributed by atoms with E-state index in [0.29, 0.717) is 22.2 Å². The standard InChI is InChI=1S/C21H21N3O3S2/c1-14-6-4-5-7-18(14)29-21-20(22-10-11-23-21)28-13-19(25)24-16-12-15(26-2)8-9-17(16)27-3/h4-12H,13H2,1-3H3,(H,24,25). The highest BCUT2D eigenvalue weighted by Crippen LogP contribution is 2.34. The van der Waals surface area contributed by atoms with Gasteiger partial charge in [0.25, 0.3) is 0 Å². The van der Waals surface area contributed by atoms with Crippen LogP contribution in [0.5, 0.6) is 11.5 Å². The van der Waals surface area contributed by atoms with Crippen molar-refractivity contribution >= 4 is 35.1 Å². The van der Waals surface area contributed by atoms with E-state index in [1.807, 2.05) is 18.2 Å². The van der Waals surface area contributed by atoms with Crippen LogP contribution in [-0.2, 0) is 4.79 Å². The number of methoxy groups -OCH3 is 2. The number of amides is 1. The molecule has 1 N–H and O–H groups in total. The number of hydrogen-bond donors (Lipinski definition) is 1. The number of ether oxygens (including phenoxy) is 2. The van der Waals surface area contributed by atoms with Gasteiger partial charge in [-0.25, -0.2) is 9.97 Å². The Morgan fingerprint density at radius 2 is 1.79 bits per heavy atom. The van der Waals surface area contributed by atoms with Crippen molar-refractivity contribution in [2.75, 3.05) is 25.3 Å². The normalized spacial score (nSPS) is 10.4. The maximum absolute atomic E-state index is 12.5. The summed E-state index contributed by atoms with van der Waals surface area (Å²) in [6.07, 6.45) is 3.29. The minimum Gasteiger partial charge on any atom is -0.497 e. The Kier molecular flexibility index (Phi) is 7.37. The molecule has 0 atom stereocenters. The molecule has 2 aromatic carbocycles. The number of rotatable bonds is 8. The molecule has 1 heterocycles. The molecular weight excluding hydrogens is 406 g/mol. The van der Waals surface area contributed by atoms with Crippen LogP contribution in [0, 0.1) is 6.92 Å². The van der Waals surface area contributed by atoms with Gasteiger partial charge in [0.1, 0.15) is 21.6 Å². The summed E-state index contributed by atoms with van der Waals surface area (Å²) in [6, 6.07) is 13.4. The second-order valence-corrected chi connectivity index (χ2v) is 7.93. The van der Waals surface area contributed by atoms with Gasteiger partial charge in [0.05, 0.1) is 25.7 Å². The highest BCUT2D eigenvalue weighted by molar-refractivity contribution is 8.02. The van der Waals surface area contributed by atoms with Crippen molar-refractivity contribution in [2.24, 2.45) is 0 Å². The van der Waals surface area contributed by atoms with Gasteiger partial charge in [0, 0.05) is 23.4 Å². The zero-order valence-electron chi connectivity index (χ0n) is 16.3. The summed E-state index contributed by atoms with van der Waals surface area (Å²) in [6.45, 7) is 2.06. The van der Waals surface area contributed by atoms with Gasteiger partial charge in [-0.2, -0.15) is 0 Å². The van der Waals surface area contributed by atoms with E-state index in [2.05, 4.69) is 28.3 Å². The largest absolute Gasteiger partial charge is 0.497 e. The number of hydrogen-bond acceptors (Lipinski definition) is 7. The van der Waals surface area contributed by atoms with Crippen molar-refractivity contribution in [3.63, 3.8) is 0 Å². The number of nitrogens with one attached hydrogen (secondary N) is 1. The van der Waals surface area contributed by atoms with Crippen LogP contribution in [0.25, 0.3) is 0 Å². The zero-order chi connectivity index (χ0) is 20.6. The molecule has 6 nitrogen and oxygen atoms in total. The van der Waals surface area contributed by atoms with E-state index in [1.165, 1.54) is 17.3 Å². The van der Waals surface area contributed by atoms with Crippen LogP contribution in [0.1, 0.15) is 5.56 Å². The molecule has 0 aliphatic rings. The number of carbonyl (C=O) groups excluding carboxylic acids is 1. The summed E-state index contributed by atoms with van der Waals surface area (Å²) in [4.78, 5) is 22.4. The van der Waals surface area contributed by atoms with Gasteiger partial charge < -0.3 is 14.8 Å². The summed E-state index contributed by atoms with van der Waals surface area (Å²) in [5, 5.41) is 4.36. The fourth-order valence-corrected chi connectivity index (χ4v) is 4.28. The molecule has 0 saturated heterocycles. The highest BCUT2D eigenvalue weighted by Gasteiger charge is 2.13. The Morgan fingerprint density at radius 3 is 2.52 bits per heavy atom. The van der Waals surface area contributed by atoms with Crippen LogP contribution in [-0.4, -0.2) is 35.8 Å². The molecule has 0 saturated carbocycles. The lowest BCUT2D eigenvalue weighted by molar-refractivity contribution is -0.113. The van der Waals surface area contributed by atoms with Gasteiger partial charge in [-0.05, 0) is 30.7 Å². The van der Waals surface area contributed by atoms with Crippen LogP contribution in [0.2, 0.25) is 0 Å². The number of benzene rings is 2. The minimum absolute atomic E-state index is 0.168. The summed E-state index contributed by atoms with van der Waals surface area (Å²) in [7, 11) is 3.13. The molecule has 8 heteroatoms. The van der Waals surface area contributed by atoms with Gasteiger partial charge in [-0.3, -0.25) is 4.79 Å². The van der Waals surface area contributed by atoms with Gasteiger partial charge >= 0.3 is 0 Å². The fourth-order valence-electron chi connectivity index (χ4n) is 2.49. The first-order chi connectivity index (χ1) is 14.1. The quantitative estimate of drug-likeness (QED) is 0.523. The number of aryl methyl sites for hydroxylation is 1. The SMILES string of the molecule is COc1ccc(OC)c(NC(=O)CSc2nccnc2Sc2ccccc2C)c1. The Morgan fingerprint density at radius 1 is 1.03 bits per heavy atom. The number of aromatic nitrogens is 2. The van der Waals surface area contributed by atoms with E-state index in [4.69, 9.17) is 9.47 Å². The van der Waals surface area contributed by atoms with Crippen molar-refractivity contribution in [1.82, 2.24) is 9.97 Å². The average Bonchev–Trinajstić information content (AvgIpc) is 2.74. The van der Waals surface area contributed by atoms with E-state index >= 15 is 0 Å². The molecule has 1 amide bonds. The highest BCUT2D eigenvalue weighted by atomic mass is 32.2. The van der Waals surface area contributed by atoms with E-state index in [-0.39, 0.29) is 11.7 Å². The molecular formula is C21H21N3O3S2. The summed E-state index contributed by atoms with van der Waals surface area (Å²) in [5.41, 5.74) is 1.73. The summed E-state index contributed by atoms with van der Waals surface area (Å²) >= 11 is 2.89. The molecule has 3 rings (SSSR count). The number of carbonyl (C=O) groups is 1. The number of anilines is 1. The summed E-state index contributed by atoms with van der Waals surface area (Å²) in [5.74, 6) is 1.23. The van der Waals surface area contributed by atoms with Crippen LogP contribution in [0.15, 0.2) is 69.8 Å². The molecule has 0 aliphatic carbocycles. The summed E-state index contributed by atoms with van der Waals surface area (Å²) < 4.78 is 10.5. The molecule has 0 radical (unpaired) electrons. The Balaban J connectivity index is 1.68. The van der Waals surface area contributed by atoms with Gasteiger partial charge in [0.2, 0.25) is 5.91 Å². The molecule has 0 spiro atoms. The first-order valence-electron chi connectivity index (χ1n) is 8.80. The number of nitrogens with zero attached hydrogens (tertiary/aromatic N) is 2. The molecule has 1 aromatic heterocycles. The average molecular weight is 428 g/mol. The molecule has 3 aromatic rings. The molecule has 0 fully saturated rings. The smallest absolute Gasteiger partial charge is 0.234 e. The monoisotopic (exact) mass is 427 g/mol. The number of thioether (sulfide) groups is 1. The first-order valence-corrected chi connectivity index (χ1v) is 10.6. The lowest BCUT2D eigenvalue weighted by atomic mass is 10.2. The van der Waals surface area contributed by atoms with Crippen molar-refractivity contribution in [3.05, 3.63) is 60.4 Å². The predicted octanol–water partition coefficient (Wildman–Crippen LogP) is 4.68. The van der Waals surface area contributed by atoms with Crippen molar-refractivity contribution in [2.45, 2.75) is 21.9 Å². The van der Waals surface area contributed by atoms with E-state index in [1.54, 1.807) is 56.6 Å². The van der Waals surface area contributed by atoms with E-state index < -0.39 is 0 Å². The molecule has 0 bridgehead atoms. The van der Waals surface area contributed by atoms with E-state index in [0.717, 1.165) is 9.92 Å².